The summed E-state index contributed by atoms with van der Waals surface area (Å²) >= 11 is 0. The van der Waals surface area contributed by atoms with Crippen LogP contribution >= 0.6 is 0 Å². The van der Waals surface area contributed by atoms with Crippen molar-refractivity contribution >= 4 is 17.7 Å². The zero-order valence-corrected chi connectivity index (χ0v) is 16.3. The molecule has 1 unspecified atom stereocenters. The van der Waals surface area contributed by atoms with Gasteiger partial charge in [0.1, 0.15) is 12.7 Å². The number of ether oxygens (including phenoxy) is 3. The molecule has 0 saturated carbocycles. The van der Waals surface area contributed by atoms with Crippen molar-refractivity contribution in [3.05, 3.63) is 58.9 Å². The van der Waals surface area contributed by atoms with Crippen molar-refractivity contribution in [1.29, 1.82) is 0 Å². The van der Waals surface area contributed by atoms with Crippen molar-refractivity contribution in [3.63, 3.8) is 0 Å². The highest BCUT2D eigenvalue weighted by atomic mass is 19.4. The van der Waals surface area contributed by atoms with Crippen LogP contribution in [0.4, 0.5) is 28.0 Å². The van der Waals surface area contributed by atoms with Gasteiger partial charge in [0.25, 0.3) is 0 Å². The highest BCUT2D eigenvalue weighted by Crippen LogP contribution is 2.32. The van der Waals surface area contributed by atoms with Gasteiger partial charge < -0.3 is 14.2 Å². The van der Waals surface area contributed by atoms with Gasteiger partial charge in [-0.1, -0.05) is 6.07 Å². The Morgan fingerprint density at radius 2 is 1.83 bits per heavy atom. The maximum absolute atomic E-state index is 13.7. The summed E-state index contributed by atoms with van der Waals surface area (Å²) in [5.41, 5.74) is -0.0479. The first kappa shape index (κ1) is 23.0. The van der Waals surface area contributed by atoms with E-state index in [0.29, 0.717) is 18.2 Å². The first-order chi connectivity index (χ1) is 14.0. The number of carbonyl (C=O) groups is 2. The second-order valence-electron chi connectivity index (χ2n) is 6.34. The Morgan fingerprint density at radius 3 is 2.47 bits per heavy atom. The third-order valence-electron chi connectivity index (χ3n) is 3.86. The SMILES string of the molecule is COC(=O)c1ccc(C)cc1NC(=O)OC(C)COc1cc(C(F)(F)F)ccc1F. The van der Waals surface area contributed by atoms with Gasteiger partial charge in [0, 0.05) is 0 Å². The predicted octanol–water partition coefficient (Wildman–Crippen LogP) is 4.96. The number of hydrogen-bond donors (Lipinski definition) is 1. The summed E-state index contributed by atoms with van der Waals surface area (Å²) in [6, 6.07) is 6.42. The number of halogens is 4. The summed E-state index contributed by atoms with van der Waals surface area (Å²) in [5.74, 6) is -2.27. The Hall–Kier alpha value is -3.30. The van der Waals surface area contributed by atoms with Gasteiger partial charge in [-0.3, -0.25) is 5.32 Å². The third-order valence-corrected chi connectivity index (χ3v) is 3.86. The van der Waals surface area contributed by atoms with Crippen molar-refractivity contribution in [2.24, 2.45) is 0 Å². The van der Waals surface area contributed by atoms with Crippen molar-refractivity contribution in [2.75, 3.05) is 19.0 Å². The summed E-state index contributed by atoms with van der Waals surface area (Å²) in [4.78, 5) is 23.9. The number of benzene rings is 2. The number of hydrogen-bond acceptors (Lipinski definition) is 5. The lowest BCUT2D eigenvalue weighted by Gasteiger charge is -2.17. The molecule has 1 atom stereocenters. The van der Waals surface area contributed by atoms with E-state index < -0.39 is 48.1 Å². The van der Waals surface area contributed by atoms with E-state index in [4.69, 9.17) is 9.47 Å². The molecule has 0 aromatic heterocycles. The molecule has 0 radical (unpaired) electrons. The molecule has 0 aliphatic heterocycles. The number of esters is 1. The minimum atomic E-state index is -4.65. The van der Waals surface area contributed by atoms with E-state index in [9.17, 15) is 27.2 Å². The summed E-state index contributed by atoms with van der Waals surface area (Å²) in [5, 5.41) is 2.40. The molecule has 0 saturated heterocycles. The maximum Gasteiger partial charge on any atom is 0.416 e. The molecule has 0 heterocycles. The van der Waals surface area contributed by atoms with E-state index in [1.165, 1.54) is 26.2 Å². The monoisotopic (exact) mass is 429 g/mol. The van der Waals surface area contributed by atoms with Crippen LogP contribution in [0.5, 0.6) is 5.75 Å². The second-order valence-corrected chi connectivity index (χ2v) is 6.34. The molecule has 2 aromatic carbocycles. The predicted molar refractivity (Wildman–Crippen MR) is 99.0 cm³/mol. The zero-order valence-electron chi connectivity index (χ0n) is 16.3. The number of carbonyl (C=O) groups excluding carboxylic acids is 2. The van der Waals surface area contributed by atoms with Crippen LogP contribution in [0.15, 0.2) is 36.4 Å². The van der Waals surface area contributed by atoms with Crippen LogP contribution in [-0.4, -0.2) is 31.9 Å². The standard InChI is InChI=1S/C20H19F4NO5/c1-11-4-6-14(18(26)28-3)16(8-11)25-19(27)30-12(2)10-29-17-9-13(20(22,23)24)5-7-15(17)21/h4-9,12H,10H2,1-3H3,(H,25,27). The molecule has 6 nitrogen and oxygen atoms in total. The summed E-state index contributed by atoms with van der Waals surface area (Å²) in [6.07, 6.45) is -6.53. The van der Waals surface area contributed by atoms with E-state index in [0.717, 1.165) is 5.56 Å². The summed E-state index contributed by atoms with van der Waals surface area (Å²) < 4.78 is 66.6. The fraction of sp³-hybridized carbons (Fsp3) is 0.300. The van der Waals surface area contributed by atoms with Crippen LogP contribution in [-0.2, 0) is 15.7 Å². The lowest BCUT2D eigenvalue weighted by Crippen LogP contribution is -2.26. The summed E-state index contributed by atoms with van der Waals surface area (Å²) in [7, 11) is 1.19. The van der Waals surface area contributed by atoms with E-state index in [1.807, 2.05) is 0 Å². The van der Waals surface area contributed by atoms with Gasteiger partial charge in [-0.2, -0.15) is 13.2 Å². The highest BCUT2D eigenvalue weighted by molar-refractivity contribution is 5.99. The minimum absolute atomic E-state index is 0.106. The Bertz CT molecular complexity index is 930. The van der Waals surface area contributed by atoms with Crippen LogP contribution in [0.25, 0.3) is 0 Å². The van der Waals surface area contributed by atoms with E-state index in [-0.39, 0.29) is 11.3 Å². The smallest absolute Gasteiger partial charge is 0.416 e. The van der Waals surface area contributed by atoms with E-state index in [1.54, 1.807) is 13.0 Å². The molecule has 2 rings (SSSR count). The van der Waals surface area contributed by atoms with Crippen molar-refractivity contribution in [1.82, 2.24) is 0 Å². The maximum atomic E-state index is 13.7. The number of rotatable bonds is 6. The molecule has 162 valence electrons. The quantitative estimate of drug-likeness (QED) is 0.519. The Labute approximate surface area is 169 Å². The van der Waals surface area contributed by atoms with Crippen LogP contribution in [0.1, 0.15) is 28.4 Å². The first-order valence-corrected chi connectivity index (χ1v) is 8.67. The molecular formula is C20H19F4NO5. The molecule has 0 fully saturated rings. The van der Waals surface area contributed by atoms with Crippen molar-refractivity contribution in [3.8, 4) is 5.75 Å². The van der Waals surface area contributed by atoms with Crippen molar-refractivity contribution < 1.29 is 41.4 Å². The van der Waals surface area contributed by atoms with Crippen LogP contribution in [0.3, 0.4) is 0 Å². The lowest BCUT2D eigenvalue weighted by atomic mass is 10.1. The fourth-order valence-corrected chi connectivity index (χ4v) is 2.40. The van der Waals surface area contributed by atoms with Gasteiger partial charge in [0.2, 0.25) is 0 Å². The molecule has 0 aliphatic carbocycles. The number of alkyl halides is 3. The van der Waals surface area contributed by atoms with Gasteiger partial charge in [0.15, 0.2) is 11.6 Å². The molecule has 1 N–H and O–H groups in total. The average molecular weight is 429 g/mol. The molecule has 0 bridgehead atoms. The highest BCUT2D eigenvalue weighted by Gasteiger charge is 2.31. The molecule has 10 heteroatoms. The Kier molecular flexibility index (Phi) is 7.25. The van der Waals surface area contributed by atoms with Crippen LogP contribution in [0, 0.1) is 12.7 Å². The van der Waals surface area contributed by atoms with Gasteiger partial charge in [-0.15, -0.1) is 0 Å². The average Bonchev–Trinajstić information content (AvgIpc) is 2.65. The molecule has 0 spiro atoms. The largest absolute Gasteiger partial charge is 0.487 e. The molecule has 30 heavy (non-hydrogen) atoms. The van der Waals surface area contributed by atoms with Crippen molar-refractivity contribution in [2.45, 2.75) is 26.1 Å². The molecular weight excluding hydrogens is 410 g/mol. The number of aryl methyl sites for hydroxylation is 1. The fourth-order valence-electron chi connectivity index (χ4n) is 2.40. The van der Waals surface area contributed by atoms with E-state index in [2.05, 4.69) is 10.1 Å². The molecule has 2 aromatic rings. The van der Waals surface area contributed by atoms with Gasteiger partial charge in [-0.05, 0) is 49.7 Å². The number of amides is 1. The van der Waals surface area contributed by atoms with E-state index >= 15 is 0 Å². The topological polar surface area (TPSA) is 73.9 Å². The zero-order chi connectivity index (χ0) is 22.5. The number of methoxy groups -OCH3 is 1. The normalized spacial score (nSPS) is 12.1. The van der Waals surface area contributed by atoms with Gasteiger partial charge in [-0.25, -0.2) is 14.0 Å². The lowest BCUT2D eigenvalue weighted by molar-refractivity contribution is -0.137. The number of nitrogens with one attached hydrogen (secondary N) is 1. The van der Waals surface area contributed by atoms with Crippen LogP contribution in [0.2, 0.25) is 0 Å². The first-order valence-electron chi connectivity index (χ1n) is 8.67. The Morgan fingerprint density at radius 1 is 1.13 bits per heavy atom. The van der Waals surface area contributed by atoms with Crippen LogP contribution < -0.4 is 10.1 Å². The molecule has 0 aliphatic rings. The van der Waals surface area contributed by atoms with Gasteiger partial charge in [0.05, 0.1) is 23.9 Å². The minimum Gasteiger partial charge on any atom is -0.487 e. The molecule has 1 amide bonds. The van der Waals surface area contributed by atoms with Gasteiger partial charge >= 0.3 is 18.2 Å². The number of anilines is 1. The Balaban J connectivity index is 2.00. The second kappa shape index (κ2) is 9.47. The third kappa shape index (κ3) is 6.10. The summed E-state index contributed by atoms with van der Waals surface area (Å²) in [6.45, 7) is 2.75.